The van der Waals surface area contributed by atoms with Gasteiger partial charge in [-0.15, -0.1) is 0 Å². The van der Waals surface area contributed by atoms with Crippen molar-refractivity contribution in [1.82, 2.24) is 24.8 Å². The van der Waals surface area contributed by atoms with E-state index in [9.17, 15) is 4.79 Å². The van der Waals surface area contributed by atoms with Crippen LogP contribution in [0, 0.1) is 0 Å². The summed E-state index contributed by atoms with van der Waals surface area (Å²) in [7, 11) is 4.03. The Morgan fingerprint density at radius 1 is 1.20 bits per heavy atom. The molecule has 2 heterocycles. The van der Waals surface area contributed by atoms with E-state index in [1.54, 1.807) is 18.5 Å². The van der Waals surface area contributed by atoms with Gasteiger partial charge in [0, 0.05) is 36.7 Å². The van der Waals surface area contributed by atoms with Crippen LogP contribution in [0.4, 0.5) is 5.82 Å². The fraction of sp³-hybridized carbons (Fsp3) is 0.556. The summed E-state index contributed by atoms with van der Waals surface area (Å²) in [6, 6.07) is 2.02. The maximum Gasteiger partial charge on any atom is 0.251 e. The van der Waals surface area contributed by atoms with Crippen LogP contribution in [0.1, 0.15) is 54.7 Å². The summed E-state index contributed by atoms with van der Waals surface area (Å²) in [5.41, 5.74) is 1.87. The van der Waals surface area contributed by atoms with E-state index in [0.29, 0.717) is 17.9 Å². The van der Waals surface area contributed by atoms with E-state index >= 15 is 0 Å². The molecule has 2 aliphatic rings. The SMILES string of the molecule is CN(C)Cc1cncc(NC2CC(c3cc(=O)[nH]c(C4CC4)n3)C2)n1. The predicted octanol–water partition coefficient (Wildman–Crippen LogP) is 1.86. The number of aromatic amines is 1. The summed E-state index contributed by atoms with van der Waals surface area (Å²) in [6.45, 7) is 0.774. The molecule has 25 heavy (non-hydrogen) atoms. The molecule has 2 N–H and O–H groups in total. The van der Waals surface area contributed by atoms with Crippen LogP contribution in [0.15, 0.2) is 23.3 Å². The van der Waals surface area contributed by atoms with Crippen LogP contribution >= 0.6 is 0 Å². The van der Waals surface area contributed by atoms with Crippen molar-refractivity contribution < 1.29 is 0 Å². The molecule has 2 aromatic rings. The van der Waals surface area contributed by atoms with Crippen LogP contribution in [0.3, 0.4) is 0 Å². The van der Waals surface area contributed by atoms with E-state index in [4.69, 9.17) is 0 Å². The Kier molecular flexibility index (Phi) is 4.25. The standard InChI is InChI=1S/C18H24N6O/c1-24(2)10-14-8-19-9-16(21-14)20-13-5-12(6-13)15-7-17(25)23-18(22-15)11-3-4-11/h7-9,11-13H,3-6,10H2,1-2H3,(H,20,21)(H,22,23,25). The molecule has 0 spiro atoms. The van der Waals surface area contributed by atoms with Crippen molar-refractivity contribution in [2.75, 3.05) is 19.4 Å². The quantitative estimate of drug-likeness (QED) is 0.835. The summed E-state index contributed by atoms with van der Waals surface area (Å²) >= 11 is 0. The Morgan fingerprint density at radius 2 is 2.00 bits per heavy atom. The molecular weight excluding hydrogens is 316 g/mol. The summed E-state index contributed by atoms with van der Waals surface area (Å²) < 4.78 is 0. The minimum atomic E-state index is -0.0226. The topological polar surface area (TPSA) is 86.8 Å². The fourth-order valence-corrected chi connectivity index (χ4v) is 3.32. The molecule has 0 saturated heterocycles. The molecule has 2 saturated carbocycles. The summed E-state index contributed by atoms with van der Waals surface area (Å²) in [5.74, 6) is 2.52. The molecule has 0 amide bonds. The van der Waals surface area contributed by atoms with Gasteiger partial charge in [-0.25, -0.2) is 9.97 Å². The molecule has 2 aromatic heterocycles. The lowest BCUT2D eigenvalue weighted by atomic mass is 9.78. The van der Waals surface area contributed by atoms with Gasteiger partial charge in [0.05, 0.1) is 17.6 Å². The van der Waals surface area contributed by atoms with E-state index in [-0.39, 0.29) is 5.56 Å². The zero-order valence-corrected chi connectivity index (χ0v) is 14.7. The number of nitrogens with one attached hydrogen (secondary N) is 2. The van der Waals surface area contributed by atoms with E-state index in [1.807, 2.05) is 14.1 Å². The first kappa shape index (κ1) is 16.2. The number of aromatic nitrogens is 4. The van der Waals surface area contributed by atoms with Gasteiger partial charge in [0.15, 0.2) is 0 Å². The van der Waals surface area contributed by atoms with E-state index in [0.717, 1.165) is 55.3 Å². The van der Waals surface area contributed by atoms with Crippen LogP contribution in [-0.4, -0.2) is 45.0 Å². The first-order valence-electron chi connectivity index (χ1n) is 8.90. The van der Waals surface area contributed by atoms with Crippen molar-refractivity contribution >= 4 is 5.82 Å². The van der Waals surface area contributed by atoms with Gasteiger partial charge in [0.25, 0.3) is 5.56 Å². The molecule has 2 aliphatic carbocycles. The first-order chi connectivity index (χ1) is 12.1. The molecule has 7 heteroatoms. The largest absolute Gasteiger partial charge is 0.366 e. The Bertz CT molecular complexity index is 807. The van der Waals surface area contributed by atoms with Crippen molar-refractivity contribution in [3.8, 4) is 0 Å². The van der Waals surface area contributed by atoms with Gasteiger partial charge >= 0.3 is 0 Å². The molecular formula is C18H24N6O. The third-order valence-corrected chi connectivity index (χ3v) is 4.81. The number of anilines is 1. The number of H-pyrrole nitrogens is 1. The van der Waals surface area contributed by atoms with Crippen LogP contribution in [-0.2, 0) is 6.54 Å². The van der Waals surface area contributed by atoms with Gasteiger partial charge in [0.2, 0.25) is 0 Å². The molecule has 0 unspecified atom stereocenters. The molecule has 2 fully saturated rings. The molecule has 0 aromatic carbocycles. The number of hydrogen-bond donors (Lipinski definition) is 2. The molecule has 132 valence electrons. The fourth-order valence-electron chi connectivity index (χ4n) is 3.32. The lowest BCUT2D eigenvalue weighted by molar-refractivity contribution is 0.364. The zero-order valence-electron chi connectivity index (χ0n) is 14.7. The van der Waals surface area contributed by atoms with Gasteiger partial charge in [-0.05, 0) is 39.8 Å². The van der Waals surface area contributed by atoms with Crippen LogP contribution in [0.5, 0.6) is 0 Å². The summed E-state index contributed by atoms with van der Waals surface area (Å²) in [5, 5.41) is 3.45. The molecule has 0 aliphatic heterocycles. The molecule has 0 bridgehead atoms. The second kappa shape index (κ2) is 6.55. The number of rotatable bonds is 6. The molecule has 0 radical (unpaired) electrons. The molecule has 4 rings (SSSR count). The van der Waals surface area contributed by atoms with E-state index in [2.05, 4.69) is 30.2 Å². The number of nitrogens with zero attached hydrogens (tertiary/aromatic N) is 4. The summed E-state index contributed by atoms with van der Waals surface area (Å²) in [6.07, 6.45) is 7.80. The van der Waals surface area contributed by atoms with Gasteiger partial charge in [0.1, 0.15) is 11.6 Å². The van der Waals surface area contributed by atoms with Crippen molar-refractivity contribution in [2.45, 2.75) is 50.1 Å². The van der Waals surface area contributed by atoms with Crippen LogP contribution < -0.4 is 10.9 Å². The first-order valence-corrected chi connectivity index (χ1v) is 8.90. The van der Waals surface area contributed by atoms with E-state index in [1.165, 1.54) is 0 Å². The maximum absolute atomic E-state index is 11.9. The van der Waals surface area contributed by atoms with Crippen molar-refractivity contribution in [1.29, 1.82) is 0 Å². The minimum absolute atomic E-state index is 0.0226. The van der Waals surface area contributed by atoms with E-state index < -0.39 is 0 Å². The van der Waals surface area contributed by atoms with Gasteiger partial charge < -0.3 is 15.2 Å². The number of hydrogen-bond acceptors (Lipinski definition) is 6. The third kappa shape index (κ3) is 3.87. The van der Waals surface area contributed by atoms with Crippen molar-refractivity contribution in [3.63, 3.8) is 0 Å². The highest BCUT2D eigenvalue weighted by Gasteiger charge is 2.33. The summed E-state index contributed by atoms with van der Waals surface area (Å²) in [4.78, 5) is 30.4. The van der Waals surface area contributed by atoms with Crippen molar-refractivity contribution in [2.24, 2.45) is 0 Å². The monoisotopic (exact) mass is 340 g/mol. The highest BCUT2D eigenvalue weighted by atomic mass is 16.1. The second-order valence-corrected chi connectivity index (χ2v) is 7.47. The van der Waals surface area contributed by atoms with Crippen molar-refractivity contribution in [3.05, 3.63) is 46.0 Å². The highest BCUT2D eigenvalue weighted by molar-refractivity contribution is 5.35. The van der Waals surface area contributed by atoms with Crippen LogP contribution in [0.2, 0.25) is 0 Å². The highest BCUT2D eigenvalue weighted by Crippen LogP contribution is 2.40. The normalized spacial score (nSPS) is 22.7. The second-order valence-electron chi connectivity index (χ2n) is 7.47. The molecule has 7 nitrogen and oxygen atoms in total. The third-order valence-electron chi connectivity index (χ3n) is 4.81. The molecule has 0 atom stereocenters. The predicted molar refractivity (Wildman–Crippen MR) is 95.6 cm³/mol. The van der Waals surface area contributed by atoms with Gasteiger partial charge in [-0.1, -0.05) is 0 Å². The maximum atomic E-state index is 11.9. The average molecular weight is 340 g/mol. The Balaban J connectivity index is 1.37. The Hall–Kier alpha value is -2.28. The lowest BCUT2D eigenvalue weighted by Gasteiger charge is -2.35. The van der Waals surface area contributed by atoms with Gasteiger partial charge in [-0.3, -0.25) is 9.78 Å². The van der Waals surface area contributed by atoms with Gasteiger partial charge in [-0.2, -0.15) is 0 Å². The lowest BCUT2D eigenvalue weighted by Crippen LogP contribution is -2.35. The Labute approximate surface area is 146 Å². The Morgan fingerprint density at radius 3 is 2.72 bits per heavy atom. The minimum Gasteiger partial charge on any atom is -0.366 e. The van der Waals surface area contributed by atoms with Crippen LogP contribution in [0.25, 0.3) is 0 Å². The average Bonchev–Trinajstić information content (AvgIpc) is 3.34. The smallest absolute Gasteiger partial charge is 0.251 e. The zero-order chi connectivity index (χ0) is 17.4.